The quantitative estimate of drug-likeness (QED) is 0.882. The average Bonchev–Trinajstić information content (AvgIpc) is 2.52. The van der Waals surface area contributed by atoms with E-state index in [0.717, 1.165) is 5.56 Å². The lowest BCUT2D eigenvalue weighted by Crippen LogP contribution is -2.23. The van der Waals surface area contributed by atoms with Crippen molar-refractivity contribution in [2.24, 2.45) is 7.05 Å². The molecule has 1 aromatic heterocycles. The molecule has 24 heavy (non-hydrogen) atoms. The van der Waals surface area contributed by atoms with E-state index < -0.39 is 16.8 Å². The zero-order chi connectivity index (χ0) is 18.4. The van der Waals surface area contributed by atoms with Crippen molar-refractivity contribution in [1.29, 1.82) is 0 Å². The molecule has 0 spiro atoms. The van der Waals surface area contributed by atoms with Crippen molar-refractivity contribution in [2.75, 3.05) is 16.3 Å². The third kappa shape index (κ3) is 4.67. The van der Waals surface area contributed by atoms with Crippen LogP contribution in [0.25, 0.3) is 0 Å². The highest BCUT2D eigenvalue weighted by atomic mass is 32.2. The molecule has 2 aromatic rings. The molecule has 0 radical (unpaired) electrons. The third-order valence-electron chi connectivity index (χ3n) is 3.22. The van der Waals surface area contributed by atoms with Crippen LogP contribution in [0.4, 0.5) is 21.6 Å². The maximum atomic E-state index is 14.0. The Balaban J connectivity index is 0.00000139. The predicted molar refractivity (Wildman–Crippen MR) is 99.9 cm³/mol. The number of hydrogen-bond donors (Lipinski definition) is 2. The third-order valence-corrected chi connectivity index (χ3v) is 3.73. The number of aromatic nitrogens is 1. The average molecular weight is 353 g/mol. The highest BCUT2D eigenvalue weighted by Crippen LogP contribution is 2.26. The largest absolute Gasteiger partial charge is 0.337 e. The molecule has 1 aromatic carbocycles. The van der Waals surface area contributed by atoms with Gasteiger partial charge in [0, 0.05) is 18.9 Å². The molecule has 1 unspecified atom stereocenters. The van der Waals surface area contributed by atoms with Crippen LogP contribution in [0.15, 0.2) is 29.1 Å². The Hall–Kier alpha value is -2.15. The SMILES string of the molecule is CC.Cc1ccc(Nc2c(NS(C)=O)cc(C)c(=O)n2C)c(F)c1. The summed E-state index contributed by atoms with van der Waals surface area (Å²) in [6.45, 7) is 7.46. The smallest absolute Gasteiger partial charge is 0.254 e. The molecule has 5 nitrogen and oxygen atoms in total. The lowest BCUT2D eigenvalue weighted by atomic mass is 10.2. The first-order valence-corrected chi connectivity index (χ1v) is 9.19. The van der Waals surface area contributed by atoms with Gasteiger partial charge in [0.2, 0.25) is 0 Å². The molecule has 0 aliphatic rings. The summed E-state index contributed by atoms with van der Waals surface area (Å²) in [4.78, 5) is 12.1. The summed E-state index contributed by atoms with van der Waals surface area (Å²) >= 11 is 0. The molecule has 0 fully saturated rings. The van der Waals surface area contributed by atoms with Crippen LogP contribution in [0.2, 0.25) is 0 Å². The summed E-state index contributed by atoms with van der Waals surface area (Å²) in [6.07, 6.45) is 1.48. The fourth-order valence-electron chi connectivity index (χ4n) is 2.13. The molecular weight excluding hydrogens is 329 g/mol. The second-order valence-electron chi connectivity index (χ2n) is 5.12. The normalized spacial score (nSPS) is 11.3. The number of nitrogens with one attached hydrogen (secondary N) is 2. The number of benzene rings is 1. The van der Waals surface area contributed by atoms with Crippen LogP contribution in [-0.2, 0) is 18.0 Å². The minimum atomic E-state index is -1.32. The molecule has 132 valence electrons. The van der Waals surface area contributed by atoms with Gasteiger partial charge in [-0.1, -0.05) is 19.9 Å². The van der Waals surface area contributed by atoms with E-state index in [1.807, 2.05) is 13.8 Å². The van der Waals surface area contributed by atoms with Gasteiger partial charge in [-0.2, -0.15) is 0 Å². The van der Waals surface area contributed by atoms with Crippen LogP contribution in [0.5, 0.6) is 0 Å². The van der Waals surface area contributed by atoms with Crippen LogP contribution in [0.3, 0.4) is 0 Å². The summed E-state index contributed by atoms with van der Waals surface area (Å²) in [7, 11) is 0.261. The summed E-state index contributed by atoms with van der Waals surface area (Å²) < 4.78 is 29.6. The Morgan fingerprint density at radius 3 is 2.29 bits per heavy atom. The van der Waals surface area contributed by atoms with Gasteiger partial charge in [-0.3, -0.25) is 9.36 Å². The van der Waals surface area contributed by atoms with Crippen molar-refractivity contribution < 1.29 is 8.60 Å². The predicted octanol–water partition coefficient (Wildman–Crippen LogP) is 3.62. The van der Waals surface area contributed by atoms with Crippen LogP contribution in [0.1, 0.15) is 25.0 Å². The zero-order valence-electron chi connectivity index (χ0n) is 14.9. The van der Waals surface area contributed by atoms with Crippen molar-refractivity contribution in [3.05, 3.63) is 51.6 Å². The van der Waals surface area contributed by atoms with Crippen LogP contribution in [-0.4, -0.2) is 15.0 Å². The lowest BCUT2D eigenvalue weighted by molar-refractivity contribution is 0.630. The molecule has 0 saturated heterocycles. The van der Waals surface area contributed by atoms with E-state index in [2.05, 4.69) is 10.0 Å². The van der Waals surface area contributed by atoms with Gasteiger partial charge in [-0.05, 0) is 37.6 Å². The number of pyridine rings is 1. The second kappa shape index (κ2) is 8.63. The molecule has 1 atom stereocenters. The molecule has 2 N–H and O–H groups in total. The first-order chi connectivity index (χ1) is 11.3. The number of anilines is 3. The molecule has 0 bridgehead atoms. The summed E-state index contributed by atoms with van der Waals surface area (Å²) in [5.74, 6) is -0.0647. The van der Waals surface area contributed by atoms with Crippen LogP contribution in [0, 0.1) is 19.7 Å². The van der Waals surface area contributed by atoms with E-state index in [-0.39, 0.29) is 11.2 Å². The highest BCUT2D eigenvalue weighted by molar-refractivity contribution is 7.85. The molecule has 0 amide bonds. The van der Waals surface area contributed by atoms with Gasteiger partial charge < -0.3 is 10.0 Å². The summed E-state index contributed by atoms with van der Waals surface area (Å²) in [5, 5.41) is 2.90. The van der Waals surface area contributed by atoms with Crippen molar-refractivity contribution >= 4 is 28.2 Å². The van der Waals surface area contributed by atoms with Gasteiger partial charge in [-0.15, -0.1) is 0 Å². The summed E-state index contributed by atoms with van der Waals surface area (Å²) in [5.41, 5.74) is 1.82. The molecule has 0 aliphatic carbocycles. The Kier molecular flexibility index (Phi) is 7.16. The van der Waals surface area contributed by atoms with Crippen molar-refractivity contribution in [3.8, 4) is 0 Å². The van der Waals surface area contributed by atoms with Crippen LogP contribution >= 0.6 is 0 Å². The Morgan fingerprint density at radius 1 is 1.12 bits per heavy atom. The maximum Gasteiger partial charge on any atom is 0.254 e. The first kappa shape index (κ1) is 19.9. The standard InChI is InChI=1S/C15H18FN3O2S.C2H6/c1-9-5-6-12(11(16)7-9)17-14-13(18-22(4)21)8-10(2)15(20)19(14)3;1-2/h5-8,17-18H,1-4H3;1-2H3. The Bertz CT molecular complexity index is 803. The van der Waals surface area contributed by atoms with Crippen molar-refractivity contribution in [2.45, 2.75) is 27.7 Å². The highest BCUT2D eigenvalue weighted by Gasteiger charge is 2.13. The molecular formula is C17H24FN3O2S. The maximum absolute atomic E-state index is 14.0. The zero-order valence-corrected chi connectivity index (χ0v) is 15.7. The molecule has 7 heteroatoms. The Labute approximate surface area is 144 Å². The van der Waals surface area contributed by atoms with E-state index in [9.17, 15) is 13.4 Å². The number of halogens is 1. The van der Waals surface area contributed by atoms with Gasteiger partial charge in [0.15, 0.2) is 0 Å². The number of aryl methyl sites for hydroxylation is 2. The first-order valence-electron chi connectivity index (χ1n) is 7.63. The van der Waals surface area contributed by atoms with Gasteiger partial charge in [-0.25, -0.2) is 8.60 Å². The lowest BCUT2D eigenvalue weighted by Gasteiger charge is -2.17. The molecule has 0 saturated carbocycles. The van der Waals surface area contributed by atoms with Crippen molar-refractivity contribution in [1.82, 2.24) is 4.57 Å². The van der Waals surface area contributed by atoms with Gasteiger partial charge in [0.05, 0.1) is 11.4 Å². The van der Waals surface area contributed by atoms with E-state index in [4.69, 9.17) is 0 Å². The molecule has 2 rings (SSSR count). The Morgan fingerprint density at radius 2 is 1.75 bits per heavy atom. The van der Waals surface area contributed by atoms with E-state index in [0.29, 0.717) is 17.1 Å². The number of rotatable bonds is 4. The molecule has 0 aliphatic heterocycles. The fraction of sp³-hybridized carbons (Fsp3) is 0.353. The number of nitrogens with zero attached hydrogens (tertiary/aromatic N) is 1. The van der Waals surface area contributed by atoms with Gasteiger partial charge >= 0.3 is 0 Å². The minimum Gasteiger partial charge on any atom is -0.337 e. The fourth-order valence-corrected chi connectivity index (χ4v) is 2.59. The molecule has 1 heterocycles. The van der Waals surface area contributed by atoms with E-state index >= 15 is 0 Å². The van der Waals surface area contributed by atoms with Gasteiger partial charge in [0.1, 0.15) is 22.6 Å². The van der Waals surface area contributed by atoms with Crippen molar-refractivity contribution in [3.63, 3.8) is 0 Å². The van der Waals surface area contributed by atoms with Gasteiger partial charge in [0.25, 0.3) is 5.56 Å². The minimum absolute atomic E-state index is 0.206. The summed E-state index contributed by atoms with van der Waals surface area (Å²) in [6, 6.07) is 6.36. The van der Waals surface area contributed by atoms with E-state index in [1.165, 1.54) is 16.9 Å². The topological polar surface area (TPSA) is 63.1 Å². The monoisotopic (exact) mass is 353 g/mol. The van der Waals surface area contributed by atoms with Crippen LogP contribution < -0.4 is 15.6 Å². The number of hydrogen-bond acceptors (Lipinski definition) is 3. The second-order valence-corrected chi connectivity index (χ2v) is 6.23. The van der Waals surface area contributed by atoms with E-state index in [1.54, 1.807) is 39.1 Å².